The SMILES string of the molecule is C#Cc1cccc(C(=O)OC(COC(=O)c2ccc(NC=O)cc2)COc2ccc(C3(c4ccc(OCC(COC(=O)c5ccc(NC=O)cc5)OC(=O)c5cccc(C#C)c5)cc4)c4ccccc4-c4ccccc43)cc2)c1. The van der Waals surface area contributed by atoms with Gasteiger partial charge in [-0.05, 0) is 143 Å². The second-order valence-electron chi connectivity index (χ2n) is 17.9. The molecule has 1 aliphatic rings. The molecular formula is C65H48N2O12. The third kappa shape index (κ3) is 12.2. The summed E-state index contributed by atoms with van der Waals surface area (Å²) in [6, 6.07) is 56.7. The first-order valence-electron chi connectivity index (χ1n) is 24.8. The molecule has 14 nitrogen and oxygen atoms in total. The van der Waals surface area contributed by atoms with Crippen LogP contribution in [0.2, 0.25) is 0 Å². The number of amides is 2. The fraction of sp³-hybridized carbons (Fsp3) is 0.108. The number of carbonyl (C=O) groups is 6. The van der Waals surface area contributed by atoms with Crippen LogP contribution < -0.4 is 20.1 Å². The summed E-state index contributed by atoms with van der Waals surface area (Å²) in [5, 5.41) is 5.03. The molecule has 14 heteroatoms. The molecule has 9 rings (SSSR count). The second-order valence-corrected chi connectivity index (χ2v) is 17.9. The van der Waals surface area contributed by atoms with Crippen LogP contribution in [0.4, 0.5) is 11.4 Å². The van der Waals surface area contributed by atoms with Crippen molar-refractivity contribution in [1.29, 1.82) is 0 Å². The maximum Gasteiger partial charge on any atom is 0.338 e. The highest BCUT2D eigenvalue weighted by atomic mass is 16.6. The number of anilines is 2. The van der Waals surface area contributed by atoms with E-state index in [1.165, 1.54) is 36.4 Å². The van der Waals surface area contributed by atoms with E-state index in [0.29, 0.717) is 46.8 Å². The minimum Gasteiger partial charge on any atom is -0.490 e. The van der Waals surface area contributed by atoms with Gasteiger partial charge in [0.1, 0.15) is 37.9 Å². The van der Waals surface area contributed by atoms with Crippen molar-refractivity contribution in [3.63, 3.8) is 0 Å². The van der Waals surface area contributed by atoms with Crippen molar-refractivity contribution in [3.05, 3.63) is 250 Å². The van der Waals surface area contributed by atoms with Crippen molar-refractivity contribution in [2.45, 2.75) is 17.6 Å². The molecule has 2 atom stereocenters. The molecule has 0 aliphatic heterocycles. The topological polar surface area (TPSA) is 182 Å². The van der Waals surface area contributed by atoms with Crippen LogP contribution in [-0.2, 0) is 34.0 Å². The molecule has 0 fully saturated rings. The smallest absolute Gasteiger partial charge is 0.338 e. The van der Waals surface area contributed by atoms with Gasteiger partial charge in [0.05, 0.1) is 27.7 Å². The number of terminal acetylenes is 2. The second kappa shape index (κ2) is 24.8. The first kappa shape index (κ1) is 53.1. The van der Waals surface area contributed by atoms with Gasteiger partial charge in [0.15, 0.2) is 12.2 Å². The Hall–Kier alpha value is -10.7. The number of fused-ring (bicyclic) bond motifs is 3. The van der Waals surface area contributed by atoms with Gasteiger partial charge in [0.25, 0.3) is 0 Å². The number of hydrogen-bond donors (Lipinski definition) is 2. The zero-order valence-corrected chi connectivity index (χ0v) is 42.2. The molecule has 0 saturated carbocycles. The standard InChI is InChI=1S/C65H48N2O12/c1-3-43-11-9-13-47(35-43)63(72)78-55(39-76-61(70)45-19-27-51(28-20-45)66-41-68)37-74-53-31-23-49(24-32-53)65(59-17-7-5-15-57(59)58-16-6-8-18-60(58)65)50-25-33-54(34-26-50)75-38-56(79-64(73)48-14-10-12-44(4-2)36-48)40-77-62(71)46-21-29-52(30-22-46)67-42-69/h1-2,5-36,41-42,55-56H,37-40H2,(H,66,68)(H,67,69). The average Bonchev–Trinajstić information content (AvgIpc) is 3.13. The molecule has 1 aliphatic carbocycles. The monoisotopic (exact) mass is 1050 g/mol. The van der Waals surface area contributed by atoms with Gasteiger partial charge in [0.2, 0.25) is 12.8 Å². The van der Waals surface area contributed by atoms with Crippen LogP contribution in [0.25, 0.3) is 11.1 Å². The van der Waals surface area contributed by atoms with E-state index in [2.05, 4.69) is 46.7 Å². The molecule has 2 unspecified atom stereocenters. The lowest BCUT2D eigenvalue weighted by atomic mass is 9.68. The van der Waals surface area contributed by atoms with Gasteiger partial charge < -0.3 is 39.1 Å². The van der Waals surface area contributed by atoms with Gasteiger partial charge in [-0.25, -0.2) is 19.2 Å². The van der Waals surface area contributed by atoms with E-state index in [9.17, 15) is 28.8 Å². The number of benzene rings is 8. The first-order chi connectivity index (χ1) is 38.6. The summed E-state index contributed by atoms with van der Waals surface area (Å²) >= 11 is 0. The number of esters is 4. The number of rotatable bonds is 22. The van der Waals surface area contributed by atoms with Crippen molar-refractivity contribution in [2.75, 3.05) is 37.1 Å². The van der Waals surface area contributed by atoms with Gasteiger partial charge in [-0.15, -0.1) is 12.8 Å². The van der Waals surface area contributed by atoms with Gasteiger partial charge in [-0.1, -0.05) is 96.8 Å². The van der Waals surface area contributed by atoms with E-state index >= 15 is 0 Å². The zero-order chi connectivity index (χ0) is 55.1. The maximum absolute atomic E-state index is 13.4. The molecule has 8 aromatic carbocycles. The number of hydrogen-bond acceptors (Lipinski definition) is 12. The Labute approximate surface area is 455 Å². The third-order valence-corrected chi connectivity index (χ3v) is 13.0. The van der Waals surface area contributed by atoms with Crippen LogP contribution in [0.1, 0.15) is 74.8 Å². The minimum atomic E-state index is -1.05. The molecule has 0 heterocycles. The Balaban J connectivity index is 0.956. The van der Waals surface area contributed by atoms with Crippen LogP contribution >= 0.6 is 0 Å². The largest absolute Gasteiger partial charge is 0.490 e. The van der Waals surface area contributed by atoms with Crippen LogP contribution in [0.5, 0.6) is 11.5 Å². The van der Waals surface area contributed by atoms with E-state index < -0.39 is 41.5 Å². The Kier molecular flexibility index (Phi) is 16.7. The highest BCUT2D eigenvalue weighted by Gasteiger charge is 2.46. The van der Waals surface area contributed by atoms with Crippen LogP contribution in [0.3, 0.4) is 0 Å². The van der Waals surface area contributed by atoms with Gasteiger partial charge in [0, 0.05) is 22.5 Å². The summed E-state index contributed by atoms with van der Waals surface area (Å²) < 4.78 is 35.5. The highest BCUT2D eigenvalue weighted by molar-refractivity contribution is 5.92. The Morgan fingerprint density at radius 2 is 0.835 bits per heavy atom. The lowest BCUT2D eigenvalue weighted by molar-refractivity contribution is -0.106. The maximum atomic E-state index is 13.4. The molecule has 0 spiro atoms. The number of nitrogens with one attached hydrogen (secondary N) is 2. The van der Waals surface area contributed by atoms with Crippen LogP contribution in [0, 0.1) is 24.7 Å². The molecule has 0 aromatic heterocycles. The summed E-state index contributed by atoms with van der Waals surface area (Å²) in [4.78, 5) is 74.9. The van der Waals surface area contributed by atoms with Crippen molar-refractivity contribution < 1.29 is 57.2 Å². The molecule has 79 heavy (non-hydrogen) atoms. The molecule has 2 amide bonds. The summed E-state index contributed by atoms with van der Waals surface area (Å²) in [6.45, 7) is -1.07. The average molecular weight is 1050 g/mol. The fourth-order valence-electron chi connectivity index (χ4n) is 9.19. The summed E-state index contributed by atoms with van der Waals surface area (Å²) in [5.41, 5.74) is 7.95. The van der Waals surface area contributed by atoms with E-state index in [1.807, 2.05) is 72.8 Å². The fourth-order valence-corrected chi connectivity index (χ4v) is 9.19. The van der Waals surface area contributed by atoms with E-state index in [1.54, 1.807) is 60.7 Å². The van der Waals surface area contributed by atoms with Gasteiger partial charge >= 0.3 is 23.9 Å². The Bertz CT molecular complexity index is 3380. The van der Waals surface area contributed by atoms with Gasteiger partial charge in [-0.2, -0.15) is 0 Å². The lowest BCUT2D eigenvalue weighted by Gasteiger charge is -2.34. The summed E-state index contributed by atoms with van der Waals surface area (Å²) in [6.07, 6.45) is 10.1. The zero-order valence-electron chi connectivity index (χ0n) is 42.2. The molecule has 0 radical (unpaired) electrons. The Morgan fingerprint density at radius 3 is 1.22 bits per heavy atom. The Morgan fingerprint density at radius 1 is 0.443 bits per heavy atom. The van der Waals surface area contributed by atoms with Crippen molar-refractivity contribution in [2.24, 2.45) is 0 Å². The third-order valence-electron chi connectivity index (χ3n) is 13.0. The highest BCUT2D eigenvalue weighted by Crippen LogP contribution is 2.56. The number of ether oxygens (including phenoxy) is 6. The molecule has 390 valence electrons. The molecule has 8 aromatic rings. The van der Waals surface area contributed by atoms with Crippen molar-refractivity contribution in [1.82, 2.24) is 0 Å². The summed E-state index contributed by atoms with van der Waals surface area (Å²) in [5.74, 6) is 3.15. The molecular weight excluding hydrogens is 1000 g/mol. The van der Waals surface area contributed by atoms with E-state index in [0.717, 1.165) is 33.4 Å². The molecule has 2 N–H and O–H groups in total. The lowest BCUT2D eigenvalue weighted by Crippen LogP contribution is -2.31. The molecule has 0 saturated heterocycles. The normalized spacial score (nSPS) is 12.3. The molecule has 0 bridgehead atoms. The minimum absolute atomic E-state index is 0.190. The predicted molar refractivity (Wildman–Crippen MR) is 295 cm³/mol. The van der Waals surface area contributed by atoms with E-state index in [-0.39, 0.29) is 48.7 Å². The first-order valence-corrected chi connectivity index (χ1v) is 24.8. The van der Waals surface area contributed by atoms with Gasteiger partial charge in [-0.3, -0.25) is 9.59 Å². The van der Waals surface area contributed by atoms with Crippen LogP contribution in [-0.4, -0.2) is 75.3 Å². The van der Waals surface area contributed by atoms with Crippen molar-refractivity contribution >= 4 is 48.1 Å². The van der Waals surface area contributed by atoms with E-state index in [4.69, 9.17) is 41.3 Å². The number of carbonyl (C=O) groups excluding carboxylic acids is 6. The quantitative estimate of drug-likeness (QED) is 0.0284. The van der Waals surface area contributed by atoms with Crippen molar-refractivity contribution in [3.8, 4) is 47.3 Å². The summed E-state index contributed by atoms with van der Waals surface area (Å²) in [7, 11) is 0. The predicted octanol–water partition coefficient (Wildman–Crippen LogP) is 10.1. The van der Waals surface area contributed by atoms with Crippen LogP contribution in [0.15, 0.2) is 194 Å².